The maximum Gasteiger partial charge on any atom is 4.00 e. The van der Waals surface area contributed by atoms with Gasteiger partial charge in [0.05, 0.1) is 11.4 Å². The van der Waals surface area contributed by atoms with Gasteiger partial charge in [-0.25, -0.2) is 0 Å². The second-order valence-electron chi connectivity index (χ2n) is 16.9. The molecule has 0 saturated heterocycles. The summed E-state index contributed by atoms with van der Waals surface area (Å²) in [6.45, 7) is 20.4. The van der Waals surface area contributed by atoms with Crippen LogP contribution >= 0.6 is 0 Å². The summed E-state index contributed by atoms with van der Waals surface area (Å²) in [4.78, 5) is 13.4. The summed E-state index contributed by atoms with van der Waals surface area (Å²) >= 11 is 0. The first kappa shape index (κ1) is 55.8. The van der Waals surface area contributed by atoms with E-state index in [-0.39, 0.29) is 38.0 Å². The first-order chi connectivity index (χ1) is 30.2. The summed E-state index contributed by atoms with van der Waals surface area (Å²) in [7, 11) is 15.2. The third-order valence-corrected chi connectivity index (χ3v) is 10.7. The molecular weight excluding hydrogens is 880 g/mol. The maximum atomic E-state index is 13.2. The third kappa shape index (κ3) is 14.3. The predicted molar refractivity (Wildman–Crippen MR) is 275 cm³/mol. The van der Waals surface area contributed by atoms with E-state index in [0.29, 0.717) is 22.5 Å². The normalized spacial score (nSPS) is 10.9. The minimum absolute atomic E-state index is 0. The number of anilines is 2. The number of aryl methyl sites for hydroxylation is 10. The van der Waals surface area contributed by atoms with Gasteiger partial charge in [-0.2, -0.15) is 28.2 Å². The Morgan fingerprint density at radius 2 is 0.646 bits per heavy atom. The van der Waals surface area contributed by atoms with E-state index in [1.165, 1.54) is 0 Å². The van der Waals surface area contributed by atoms with Crippen molar-refractivity contribution in [2.24, 2.45) is 9.98 Å². The van der Waals surface area contributed by atoms with Crippen molar-refractivity contribution in [1.29, 1.82) is 0 Å². The fourth-order valence-electron chi connectivity index (χ4n) is 8.21. The number of hydrogen-bond acceptors (Lipinski definition) is 6. The van der Waals surface area contributed by atoms with Crippen LogP contribution in [0.1, 0.15) is 66.8 Å². The predicted octanol–water partition coefficient (Wildman–Crippen LogP) is 12.0. The van der Waals surface area contributed by atoms with E-state index in [1.807, 2.05) is 118 Å². The zero-order valence-corrected chi connectivity index (χ0v) is 44.7. The van der Waals surface area contributed by atoms with Crippen LogP contribution in [-0.2, 0) is 26.2 Å². The van der Waals surface area contributed by atoms with E-state index in [1.54, 1.807) is 28.2 Å². The second-order valence-corrected chi connectivity index (χ2v) is 16.9. The van der Waals surface area contributed by atoms with Crippen molar-refractivity contribution in [3.8, 4) is 22.3 Å². The van der Waals surface area contributed by atoms with Gasteiger partial charge in [-0.15, -0.1) is 0 Å². The number of hydrogen-bond donors (Lipinski definition) is 0. The summed E-state index contributed by atoms with van der Waals surface area (Å²) in [6.07, 6.45) is 0. The molecule has 65 heavy (non-hydrogen) atoms. The van der Waals surface area contributed by atoms with Crippen molar-refractivity contribution in [1.82, 2.24) is 0 Å². The SMILES string of the molecule is C[N-]C.C[N-]C.Cc1cc(C)c(C([O-])=Nc2cccc(C)c2-c2c(C)cccc2N(C)C)c(C)c1.Cc1cc(C)c(C([O-])=Nc2cccc(C)c2-c2c(C)cccc2N(C)C)c(C)c1.[Zr+4]. The summed E-state index contributed by atoms with van der Waals surface area (Å²) in [5.41, 5.74) is 20.1. The van der Waals surface area contributed by atoms with Crippen LogP contribution in [0.4, 0.5) is 22.7 Å². The van der Waals surface area contributed by atoms with Crippen LogP contribution in [0.5, 0.6) is 0 Å². The fraction of sp³-hybridized carbons (Fsp3) is 0.321. The number of benzene rings is 6. The zero-order chi connectivity index (χ0) is 48.0. The van der Waals surface area contributed by atoms with Crippen LogP contribution in [0, 0.1) is 69.2 Å². The molecule has 0 heterocycles. The molecular formula is C56H70N6O2Zr. The molecule has 9 heteroatoms. The molecule has 0 saturated carbocycles. The van der Waals surface area contributed by atoms with E-state index < -0.39 is 0 Å². The minimum atomic E-state index is -0.188. The molecule has 0 atom stereocenters. The van der Waals surface area contributed by atoms with Gasteiger partial charge in [0.15, 0.2) is 0 Å². The molecule has 0 radical (unpaired) electrons. The van der Waals surface area contributed by atoms with Gasteiger partial charge in [-0.05, 0) is 161 Å². The number of aliphatic imine (C=N–C) groups is 2. The Kier molecular flexibility index (Phi) is 22.3. The van der Waals surface area contributed by atoms with Gasteiger partial charge >= 0.3 is 26.2 Å². The van der Waals surface area contributed by atoms with Crippen molar-refractivity contribution >= 4 is 34.5 Å². The van der Waals surface area contributed by atoms with Crippen molar-refractivity contribution in [2.75, 3.05) is 66.2 Å². The Bertz CT molecular complexity index is 2370. The summed E-state index contributed by atoms with van der Waals surface area (Å²) in [5.74, 6) is -0.376. The Balaban J connectivity index is 0.000000393. The van der Waals surface area contributed by atoms with E-state index in [2.05, 4.69) is 107 Å². The molecule has 0 spiro atoms. The van der Waals surface area contributed by atoms with Gasteiger partial charge in [0.25, 0.3) is 0 Å². The minimum Gasteiger partial charge on any atom is -0.858 e. The average molecular weight is 950 g/mol. The molecule has 340 valence electrons. The molecule has 0 aliphatic heterocycles. The zero-order valence-electron chi connectivity index (χ0n) is 42.2. The van der Waals surface area contributed by atoms with Crippen LogP contribution in [0.3, 0.4) is 0 Å². The van der Waals surface area contributed by atoms with Crippen molar-refractivity contribution in [2.45, 2.75) is 69.2 Å². The molecule has 0 bridgehead atoms. The Morgan fingerprint density at radius 3 is 0.908 bits per heavy atom. The number of nitrogens with zero attached hydrogens (tertiary/aromatic N) is 6. The largest absolute Gasteiger partial charge is 4.00 e. The maximum absolute atomic E-state index is 13.2. The molecule has 6 aromatic carbocycles. The average Bonchev–Trinajstić information content (AvgIpc) is 3.18. The van der Waals surface area contributed by atoms with E-state index >= 15 is 0 Å². The van der Waals surface area contributed by atoms with Crippen LogP contribution < -0.4 is 20.0 Å². The molecule has 6 rings (SSSR count). The van der Waals surface area contributed by atoms with Crippen LogP contribution in [0.15, 0.2) is 107 Å². The van der Waals surface area contributed by atoms with E-state index in [9.17, 15) is 10.2 Å². The third-order valence-electron chi connectivity index (χ3n) is 10.7. The molecule has 0 aliphatic carbocycles. The summed E-state index contributed by atoms with van der Waals surface area (Å²) < 4.78 is 0. The van der Waals surface area contributed by atoms with Crippen LogP contribution in [-0.4, -0.2) is 68.2 Å². The summed E-state index contributed by atoms with van der Waals surface area (Å²) in [6, 6.07) is 32.7. The molecule has 6 aromatic rings. The molecule has 0 fully saturated rings. The summed E-state index contributed by atoms with van der Waals surface area (Å²) in [5, 5.41) is 33.4. The monoisotopic (exact) mass is 948 g/mol. The standard InChI is InChI=1S/2C26H30N2O.2C2H6N.Zr/c2*1-16-14-19(4)23(20(5)15-16)26(29)27-21-12-8-10-17(2)24(21)25-18(3)11-9-13-22(25)28(6)7;2*1-3-2;/h2*8-15H,1-7H3,(H,27,29);2*1-2H3;/q;;2*-1;+4/p-2. The van der Waals surface area contributed by atoms with Gasteiger partial charge in [-0.3, -0.25) is 9.98 Å². The molecule has 0 aliphatic rings. The smallest absolute Gasteiger partial charge is 0.858 e. The van der Waals surface area contributed by atoms with E-state index in [4.69, 9.17) is 0 Å². The van der Waals surface area contributed by atoms with Crippen LogP contribution in [0.25, 0.3) is 32.9 Å². The van der Waals surface area contributed by atoms with Crippen LogP contribution in [0.2, 0.25) is 0 Å². The molecule has 0 unspecified atom stereocenters. The quantitative estimate of drug-likeness (QED) is 0.112. The van der Waals surface area contributed by atoms with Gasteiger partial charge in [0.2, 0.25) is 0 Å². The van der Waals surface area contributed by atoms with Gasteiger partial charge < -0.3 is 30.6 Å². The number of rotatable bonds is 8. The molecule has 0 N–H and O–H groups in total. The van der Waals surface area contributed by atoms with E-state index in [0.717, 1.165) is 89.3 Å². The molecule has 0 aromatic heterocycles. The van der Waals surface area contributed by atoms with Gasteiger partial charge in [-0.1, -0.05) is 83.9 Å². The molecule has 8 nitrogen and oxygen atoms in total. The Hall–Kier alpha value is -5.34. The van der Waals surface area contributed by atoms with Crippen molar-refractivity contribution in [3.05, 3.63) is 174 Å². The Morgan fingerprint density at radius 1 is 0.400 bits per heavy atom. The fourth-order valence-corrected chi connectivity index (χ4v) is 8.21. The first-order valence-corrected chi connectivity index (χ1v) is 21.6. The second kappa shape index (κ2) is 26.0. The van der Waals surface area contributed by atoms with Crippen molar-refractivity contribution in [3.63, 3.8) is 0 Å². The first-order valence-electron chi connectivity index (χ1n) is 21.6. The van der Waals surface area contributed by atoms with Gasteiger partial charge in [0.1, 0.15) is 0 Å². The molecule has 0 amide bonds. The van der Waals surface area contributed by atoms with Crippen molar-refractivity contribution < 1.29 is 36.4 Å². The van der Waals surface area contributed by atoms with Gasteiger partial charge in [0, 0.05) is 61.8 Å². The Labute approximate surface area is 410 Å². The topological polar surface area (TPSA) is 106 Å².